The lowest BCUT2D eigenvalue weighted by atomic mass is 9.78. The largest absolute Gasteiger partial charge is 0.391 e. The first kappa shape index (κ1) is 16.9. The fourth-order valence-electron chi connectivity index (χ4n) is 3.18. The van der Waals surface area contributed by atoms with Gasteiger partial charge in [-0.3, -0.25) is 0 Å². The van der Waals surface area contributed by atoms with E-state index in [0.717, 1.165) is 12.8 Å². The van der Waals surface area contributed by atoms with Gasteiger partial charge in [0, 0.05) is 4.83 Å². The van der Waals surface area contributed by atoms with Crippen molar-refractivity contribution in [3.8, 4) is 0 Å². The average molecular weight is 363 g/mol. The molecule has 4 heteroatoms. The molecule has 0 N–H and O–H groups in total. The molecule has 3 atom stereocenters. The maximum Gasteiger partial charge on any atom is 0.391 e. The molecule has 0 heterocycles. The van der Waals surface area contributed by atoms with Crippen molar-refractivity contribution < 1.29 is 13.2 Å². The molecular weight excluding hydrogens is 341 g/mol. The molecule has 0 radical (unpaired) electrons. The smallest absolute Gasteiger partial charge is 0.171 e. The number of rotatable bonds is 3. The highest BCUT2D eigenvalue weighted by Crippen LogP contribution is 2.42. The summed E-state index contributed by atoms with van der Waals surface area (Å²) in [7, 11) is 0. The monoisotopic (exact) mass is 362 g/mol. The SMILES string of the molecule is Cc1ccc(CC(Br)C2CCCC(C(F)(F)F)C2)cc1C. The number of aryl methyl sites for hydroxylation is 2. The van der Waals surface area contributed by atoms with Crippen molar-refractivity contribution in [3.63, 3.8) is 0 Å². The second-order valence-corrected chi connectivity index (χ2v) is 7.48. The van der Waals surface area contributed by atoms with E-state index in [9.17, 15) is 13.2 Å². The zero-order valence-electron chi connectivity index (χ0n) is 12.5. The van der Waals surface area contributed by atoms with E-state index in [1.165, 1.54) is 16.7 Å². The zero-order chi connectivity index (χ0) is 15.6. The van der Waals surface area contributed by atoms with Gasteiger partial charge in [-0.15, -0.1) is 0 Å². The molecule has 0 aromatic heterocycles. The van der Waals surface area contributed by atoms with Gasteiger partial charge in [0.15, 0.2) is 0 Å². The summed E-state index contributed by atoms with van der Waals surface area (Å²) in [5, 5.41) is 0. The van der Waals surface area contributed by atoms with E-state index in [1.807, 2.05) is 0 Å². The third kappa shape index (κ3) is 4.48. The van der Waals surface area contributed by atoms with Crippen LogP contribution >= 0.6 is 15.9 Å². The molecule has 1 saturated carbocycles. The van der Waals surface area contributed by atoms with Crippen LogP contribution < -0.4 is 0 Å². The van der Waals surface area contributed by atoms with E-state index in [0.29, 0.717) is 12.8 Å². The third-order valence-electron chi connectivity index (χ3n) is 4.69. The molecule has 3 unspecified atom stereocenters. The number of hydrogen-bond acceptors (Lipinski definition) is 0. The highest BCUT2D eigenvalue weighted by molar-refractivity contribution is 9.09. The topological polar surface area (TPSA) is 0 Å². The zero-order valence-corrected chi connectivity index (χ0v) is 14.1. The molecule has 21 heavy (non-hydrogen) atoms. The first-order chi connectivity index (χ1) is 9.77. The van der Waals surface area contributed by atoms with Crippen molar-refractivity contribution in [2.75, 3.05) is 0 Å². The molecule has 0 saturated heterocycles. The molecule has 0 bridgehead atoms. The van der Waals surface area contributed by atoms with E-state index in [-0.39, 0.29) is 17.2 Å². The average Bonchev–Trinajstić information content (AvgIpc) is 2.42. The van der Waals surface area contributed by atoms with E-state index in [4.69, 9.17) is 0 Å². The maximum atomic E-state index is 12.9. The highest BCUT2D eigenvalue weighted by Gasteiger charge is 2.43. The molecule has 0 spiro atoms. The Morgan fingerprint density at radius 2 is 1.90 bits per heavy atom. The number of alkyl halides is 4. The van der Waals surface area contributed by atoms with E-state index in [2.05, 4.69) is 48.0 Å². The van der Waals surface area contributed by atoms with Crippen LogP contribution in [-0.2, 0) is 6.42 Å². The predicted octanol–water partition coefficient (Wildman–Crippen LogP) is 5.98. The Labute approximate surface area is 133 Å². The summed E-state index contributed by atoms with van der Waals surface area (Å²) in [5.41, 5.74) is 3.69. The Balaban J connectivity index is 1.99. The minimum absolute atomic E-state index is 0.118. The predicted molar refractivity (Wildman–Crippen MR) is 83.8 cm³/mol. The minimum Gasteiger partial charge on any atom is -0.171 e. The van der Waals surface area contributed by atoms with Crippen LogP contribution in [0.4, 0.5) is 13.2 Å². The summed E-state index contributed by atoms with van der Waals surface area (Å²) in [6.45, 7) is 4.14. The molecule has 0 aliphatic heterocycles. The fourth-order valence-corrected chi connectivity index (χ4v) is 4.03. The van der Waals surface area contributed by atoms with Gasteiger partial charge in [-0.05, 0) is 62.1 Å². The Bertz CT molecular complexity index is 481. The van der Waals surface area contributed by atoms with Crippen LogP contribution in [0.15, 0.2) is 18.2 Å². The normalized spacial score (nSPS) is 24.9. The molecule has 0 nitrogen and oxygen atoms in total. The van der Waals surface area contributed by atoms with Crippen molar-refractivity contribution in [1.29, 1.82) is 0 Å². The summed E-state index contributed by atoms with van der Waals surface area (Å²) in [6.07, 6.45) is -1.09. The molecule has 0 amide bonds. The first-order valence-corrected chi connectivity index (χ1v) is 8.46. The van der Waals surface area contributed by atoms with Crippen LogP contribution in [-0.4, -0.2) is 11.0 Å². The first-order valence-electron chi connectivity index (χ1n) is 7.54. The number of hydrogen-bond donors (Lipinski definition) is 0. The van der Waals surface area contributed by atoms with Crippen molar-refractivity contribution in [2.24, 2.45) is 11.8 Å². The Morgan fingerprint density at radius 3 is 2.52 bits per heavy atom. The molecule has 118 valence electrons. The molecule has 1 aliphatic rings. The van der Waals surface area contributed by atoms with Crippen LogP contribution in [0.25, 0.3) is 0 Å². The third-order valence-corrected chi connectivity index (χ3v) is 5.76. The summed E-state index contributed by atoms with van der Waals surface area (Å²) in [6, 6.07) is 6.32. The lowest BCUT2D eigenvalue weighted by molar-refractivity contribution is -0.185. The maximum absolute atomic E-state index is 12.9. The second-order valence-electron chi connectivity index (χ2n) is 6.30. The van der Waals surface area contributed by atoms with Crippen molar-refractivity contribution >= 4 is 15.9 Å². The Hall–Kier alpha value is -0.510. The van der Waals surface area contributed by atoms with Gasteiger partial charge >= 0.3 is 6.18 Å². The van der Waals surface area contributed by atoms with Gasteiger partial charge in [-0.1, -0.05) is 40.5 Å². The van der Waals surface area contributed by atoms with Crippen LogP contribution in [0.3, 0.4) is 0 Å². The van der Waals surface area contributed by atoms with Gasteiger partial charge in [0.25, 0.3) is 0 Å². The van der Waals surface area contributed by atoms with Gasteiger partial charge in [-0.2, -0.15) is 13.2 Å². The van der Waals surface area contributed by atoms with Gasteiger partial charge in [0.2, 0.25) is 0 Å². The molecule has 1 fully saturated rings. The lowest BCUT2D eigenvalue weighted by Gasteiger charge is -2.33. The summed E-state index contributed by atoms with van der Waals surface area (Å²) >= 11 is 3.65. The van der Waals surface area contributed by atoms with E-state index >= 15 is 0 Å². The Morgan fingerprint density at radius 1 is 1.19 bits per heavy atom. The van der Waals surface area contributed by atoms with Crippen LogP contribution in [0.2, 0.25) is 0 Å². The molecule has 2 rings (SSSR count). The van der Waals surface area contributed by atoms with Crippen LogP contribution in [0.1, 0.15) is 42.4 Å². The molecule has 1 aromatic rings. The Kier molecular flexibility index (Phi) is 5.39. The van der Waals surface area contributed by atoms with Crippen molar-refractivity contribution in [1.82, 2.24) is 0 Å². The van der Waals surface area contributed by atoms with Crippen molar-refractivity contribution in [2.45, 2.75) is 57.0 Å². The van der Waals surface area contributed by atoms with Gasteiger partial charge in [0.05, 0.1) is 5.92 Å². The standard InChI is InChI=1S/C17H22BrF3/c1-11-6-7-13(8-12(11)2)9-16(18)14-4-3-5-15(10-14)17(19,20)21/h6-8,14-16H,3-5,9-10H2,1-2H3. The minimum atomic E-state index is -4.04. The van der Waals surface area contributed by atoms with Crippen LogP contribution in [0, 0.1) is 25.7 Å². The molecule has 1 aromatic carbocycles. The van der Waals surface area contributed by atoms with Gasteiger partial charge < -0.3 is 0 Å². The number of benzene rings is 1. The summed E-state index contributed by atoms with van der Waals surface area (Å²) < 4.78 is 38.7. The van der Waals surface area contributed by atoms with E-state index < -0.39 is 12.1 Å². The van der Waals surface area contributed by atoms with Gasteiger partial charge in [-0.25, -0.2) is 0 Å². The van der Waals surface area contributed by atoms with Crippen LogP contribution in [0.5, 0.6) is 0 Å². The highest BCUT2D eigenvalue weighted by atomic mass is 79.9. The summed E-state index contributed by atoms with van der Waals surface area (Å²) in [5.74, 6) is -0.997. The molecular formula is C17H22BrF3. The lowest BCUT2D eigenvalue weighted by Crippen LogP contribution is -2.32. The van der Waals surface area contributed by atoms with E-state index in [1.54, 1.807) is 0 Å². The van der Waals surface area contributed by atoms with Gasteiger partial charge in [0.1, 0.15) is 0 Å². The van der Waals surface area contributed by atoms with Crippen molar-refractivity contribution in [3.05, 3.63) is 34.9 Å². The fraction of sp³-hybridized carbons (Fsp3) is 0.647. The quantitative estimate of drug-likeness (QED) is 0.580. The number of halogens is 4. The molecule has 1 aliphatic carbocycles. The second kappa shape index (κ2) is 6.72. The summed E-state index contributed by atoms with van der Waals surface area (Å²) in [4.78, 5) is 0.129.